The van der Waals surface area contributed by atoms with Crippen molar-refractivity contribution in [3.63, 3.8) is 0 Å². The van der Waals surface area contributed by atoms with Gasteiger partial charge in [0.15, 0.2) is 0 Å². The zero-order valence-corrected chi connectivity index (χ0v) is 9.41. The van der Waals surface area contributed by atoms with Crippen LogP contribution in [0.1, 0.15) is 30.9 Å². The van der Waals surface area contributed by atoms with Crippen molar-refractivity contribution < 1.29 is 0 Å². The average Bonchev–Trinajstić information content (AvgIpc) is 2.23. The number of nitrogens with one attached hydrogen (secondary N) is 1. The van der Waals surface area contributed by atoms with Crippen molar-refractivity contribution in [3.8, 4) is 0 Å². The molecule has 3 heteroatoms. The van der Waals surface area contributed by atoms with E-state index in [9.17, 15) is 0 Å². The molecule has 76 valence electrons. The van der Waals surface area contributed by atoms with Gasteiger partial charge in [0.2, 0.25) is 0 Å². The summed E-state index contributed by atoms with van der Waals surface area (Å²) >= 11 is 11.8. The Bertz CT molecular complexity index is 319. The van der Waals surface area contributed by atoms with Crippen molar-refractivity contribution in [3.05, 3.63) is 33.8 Å². The molecule has 1 aliphatic rings. The number of halogens is 2. The van der Waals surface area contributed by atoms with Crippen LogP contribution in [-0.4, -0.2) is 6.54 Å². The van der Waals surface area contributed by atoms with Crippen LogP contribution in [0.25, 0.3) is 0 Å². The predicted octanol–water partition coefficient (Wildman–Crippen LogP) is 3.81. The second kappa shape index (κ2) is 4.52. The summed E-state index contributed by atoms with van der Waals surface area (Å²) in [6, 6.07) is 6.35. The molecule has 0 aliphatic carbocycles. The lowest BCUT2D eigenvalue weighted by Crippen LogP contribution is -2.26. The Kier molecular flexibility index (Phi) is 3.32. The first kappa shape index (κ1) is 10.3. The molecule has 1 aromatic carbocycles. The summed E-state index contributed by atoms with van der Waals surface area (Å²) in [6.45, 7) is 1.10. The van der Waals surface area contributed by atoms with Crippen LogP contribution in [0.3, 0.4) is 0 Å². The van der Waals surface area contributed by atoms with E-state index >= 15 is 0 Å². The van der Waals surface area contributed by atoms with Crippen molar-refractivity contribution in [1.82, 2.24) is 5.32 Å². The van der Waals surface area contributed by atoms with Crippen molar-refractivity contribution in [1.29, 1.82) is 0 Å². The molecule has 1 atom stereocenters. The summed E-state index contributed by atoms with van der Waals surface area (Å²) in [5.74, 6) is 0. The van der Waals surface area contributed by atoms with Crippen LogP contribution in [0.5, 0.6) is 0 Å². The highest BCUT2D eigenvalue weighted by atomic mass is 35.5. The second-order valence-corrected chi connectivity index (χ2v) is 4.49. The summed E-state index contributed by atoms with van der Waals surface area (Å²) in [7, 11) is 0. The Hall–Kier alpha value is -0.240. The van der Waals surface area contributed by atoms with Crippen LogP contribution < -0.4 is 5.32 Å². The molecule has 1 N–H and O–H groups in total. The summed E-state index contributed by atoms with van der Waals surface area (Å²) in [4.78, 5) is 0. The second-order valence-electron chi connectivity index (χ2n) is 3.68. The third-order valence-corrected chi connectivity index (χ3v) is 3.40. The summed E-state index contributed by atoms with van der Waals surface area (Å²) in [6.07, 6.45) is 3.76. The summed E-state index contributed by atoms with van der Waals surface area (Å²) in [5, 5.41) is 4.76. The van der Waals surface area contributed by atoms with E-state index in [1.54, 1.807) is 0 Å². The van der Waals surface area contributed by atoms with Gasteiger partial charge in [0.25, 0.3) is 0 Å². The minimum absolute atomic E-state index is 0.457. The third-order valence-electron chi connectivity index (χ3n) is 2.66. The van der Waals surface area contributed by atoms with E-state index in [0.717, 1.165) is 6.54 Å². The highest BCUT2D eigenvalue weighted by Gasteiger charge is 2.15. The minimum atomic E-state index is 0.457. The Labute approximate surface area is 94.4 Å². The number of piperidine rings is 1. The van der Waals surface area contributed by atoms with Gasteiger partial charge < -0.3 is 5.32 Å². The lowest BCUT2D eigenvalue weighted by atomic mass is 9.98. The molecule has 1 nitrogen and oxygen atoms in total. The van der Waals surface area contributed by atoms with Crippen LogP contribution in [0.2, 0.25) is 10.0 Å². The van der Waals surface area contributed by atoms with E-state index in [4.69, 9.17) is 23.2 Å². The molecule has 1 aliphatic heterocycles. The van der Waals surface area contributed by atoms with Gasteiger partial charge in [0, 0.05) is 6.04 Å². The SMILES string of the molecule is Clc1ccc([C@@H]2CCCCN2)cc1Cl. The fourth-order valence-electron chi connectivity index (χ4n) is 1.87. The summed E-state index contributed by atoms with van der Waals surface area (Å²) in [5.41, 5.74) is 1.25. The molecule has 2 rings (SSSR count). The van der Waals surface area contributed by atoms with E-state index in [2.05, 4.69) is 11.4 Å². The van der Waals surface area contributed by atoms with Crippen molar-refractivity contribution in [2.75, 3.05) is 6.54 Å². The van der Waals surface area contributed by atoms with Gasteiger partial charge in [-0.15, -0.1) is 0 Å². The van der Waals surface area contributed by atoms with Gasteiger partial charge in [-0.3, -0.25) is 0 Å². The molecule has 0 aromatic heterocycles. The Morgan fingerprint density at radius 1 is 1.14 bits per heavy atom. The van der Waals surface area contributed by atoms with Crippen LogP contribution in [0.4, 0.5) is 0 Å². The summed E-state index contributed by atoms with van der Waals surface area (Å²) < 4.78 is 0. The van der Waals surface area contributed by atoms with E-state index in [1.807, 2.05) is 12.1 Å². The Morgan fingerprint density at radius 2 is 2.00 bits per heavy atom. The highest BCUT2D eigenvalue weighted by molar-refractivity contribution is 6.42. The van der Waals surface area contributed by atoms with Gasteiger partial charge in [0.1, 0.15) is 0 Å². The van der Waals surface area contributed by atoms with Crippen LogP contribution in [0.15, 0.2) is 18.2 Å². The van der Waals surface area contributed by atoms with E-state index in [-0.39, 0.29) is 0 Å². The zero-order valence-electron chi connectivity index (χ0n) is 7.89. The topological polar surface area (TPSA) is 12.0 Å². The Morgan fingerprint density at radius 3 is 2.64 bits per heavy atom. The molecule has 1 heterocycles. The first-order valence-corrected chi connectivity index (χ1v) is 5.71. The molecule has 1 fully saturated rings. The van der Waals surface area contributed by atoms with Gasteiger partial charge in [-0.05, 0) is 37.1 Å². The predicted molar refractivity (Wildman–Crippen MR) is 61.1 cm³/mol. The monoisotopic (exact) mass is 229 g/mol. The maximum Gasteiger partial charge on any atom is 0.0595 e. The molecule has 0 saturated carbocycles. The quantitative estimate of drug-likeness (QED) is 0.773. The van der Waals surface area contributed by atoms with Crippen LogP contribution in [-0.2, 0) is 0 Å². The molecule has 0 bridgehead atoms. The molecule has 0 spiro atoms. The fourth-order valence-corrected chi connectivity index (χ4v) is 2.17. The Balaban J connectivity index is 2.18. The lowest BCUT2D eigenvalue weighted by molar-refractivity contribution is 0.412. The highest BCUT2D eigenvalue weighted by Crippen LogP contribution is 2.28. The van der Waals surface area contributed by atoms with Crippen molar-refractivity contribution in [2.45, 2.75) is 25.3 Å². The largest absolute Gasteiger partial charge is 0.310 e. The first-order valence-electron chi connectivity index (χ1n) is 4.96. The number of hydrogen-bond donors (Lipinski definition) is 1. The molecule has 0 unspecified atom stereocenters. The zero-order chi connectivity index (χ0) is 9.97. The van der Waals surface area contributed by atoms with E-state index < -0.39 is 0 Å². The van der Waals surface area contributed by atoms with Gasteiger partial charge in [0.05, 0.1) is 10.0 Å². The van der Waals surface area contributed by atoms with Crippen molar-refractivity contribution in [2.24, 2.45) is 0 Å². The maximum atomic E-state index is 5.97. The molecule has 0 amide bonds. The number of rotatable bonds is 1. The van der Waals surface area contributed by atoms with Crippen LogP contribution >= 0.6 is 23.2 Å². The molecular weight excluding hydrogens is 217 g/mol. The van der Waals surface area contributed by atoms with E-state index in [0.29, 0.717) is 16.1 Å². The normalized spacial score (nSPS) is 22.3. The third kappa shape index (κ3) is 2.22. The maximum absolute atomic E-state index is 5.97. The molecule has 14 heavy (non-hydrogen) atoms. The van der Waals surface area contributed by atoms with Gasteiger partial charge in [-0.25, -0.2) is 0 Å². The molecule has 1 aromatic rings. The van der Waals surface area contributed by atoms with Gasteiger partial charge >= 0.3 is 0 Å². The smallest absolute Gasteiger partial charge is 0.0595 e. The molecule has 1 saturated heterocycles. The van der Waals surface area contributed by atoms with Gasteiger partial charge in [-0.2, -0.15) is 0 Å². The first-order chi connectivity index (χ1) is 6.77. The standard InChI is InChI=1S/C11H13Cl2N/c12-9-5-4-8(7-10(9)13)11-3-1-2-6-14-11/h4-5,7,11,14H,1-3,6H2/t11-/m0/s1. The lowest BCUT2D eigenvalue weighted by Gasteiger charge is -2.24. The number of benzene rings is 1. The van der Waals surface area contributed by atoms with Gasteiger partial charge in [-0.1, -0.05) is 35.7 Å². The fraction of sp³-hybridized carbons (Fsp3) is 0.455. The van der Waals surface area contributed by atoms with Crippen molar-refractivity contribution >= 4 is 23.2 Å². The minimum Gasteiger partial charge on any atom is -0.310 e. The molecule has 0 radical (unpaired) electrons. The number of hydrogen-bond acceptors (Lipinski definition) is 1. The van der Waals surface area contributed by atoms with Crippen LogP contribution in [0, 0.1) is 0 Å². The molecular formula is C11H13Cl2N. The van der Waals surface area contributed by atoms with E-state index in [1.165, 1.54) is 24.8 Å². The average molecular weight is 230 g/mol.